The number of carbonyl (C=O) groups is 1. The van der Waals surface area contributed by atoms with Gasteiger partial charge in [0, 0.05) is 18.0 Å². The van der Waals surface area contributed by atoms with Gasteiger partial charge in [0.25, 0.3) is 0 Å². The number of rotatable bonds is 4. The molecule has 2 rings (SSSR count). The molecule has 0 amide bonds. The zero-order valence-corrected chi connectivity index (χ0v) is 10.5. The molecule has 0 aliphatic heterocycles. The third-order valence-electron chi connectivity index (χ3n) is 2.82. The lowest BCUT2D eigenvalue weighted by Crippen LogP contribution is -2.15. The normalized spacial score (nSPS) is 11.3. The van der Waals surface area contributed by atoms with Gasteiger partial charge in [-0.25, -0.2) is 4.79 Å². The molecule has 5 nitrogen and oxygen atoms in total. The molecule has 0 radical (unpaired) electrons. The largest absolute Gasteiger partial charge is 0.420 e. The summed E-state index contributed by atoms with van der Waals surface area (Å²) in [6.45, 7) is 4.13. The number of fused-ring (bicyclic) bond motifs is 1. The Bertz CT molecular complexity index is 637. The molecule has 0 fully saturated rings. The standard InChI is InChI=1S/C13H16N2O3/c1-8(2)15-10-4-3-9(11(16)5-6-14)7-12(10)18-13(15)17/h3-4,7-8H,5-6,14H2,1-2H3. The molecule has 0 saturated carbocycles. The van der Waals surface area contributed by atoms with Crippen molar-refractivity contribution in [2.45, 2.75) is 26.3 Å². The first-order valence-corrected chi connectivity index (χ1v) is 5.93. The first-order chi connectivity index (χ1) is 8.54. The van der Waals surface area contributed by atoms with Gasteiger partial charge in [0.15, 0.2) is 11.4 Å². The van der Waals surface area contributed by atoms with Crippen LogP contribution in [0.5, 0.6) is 0 Å². The highest BCUT2D eigenvalue weighted by Crippen LogP contribution is 2.19. The number of ketones is 1. The number of carbonyl (C=O) groups excluding carboxylic acids is 1. The third-order valence-corrected chi connectivity index (χ3v) is 2.82. The molecule has 0 spiro atoms. The van der Waals surface area contributed by atoms with Crippen LogP contribution in [0.1, 0.15) is 36.7 Å². The van der Waals surface area contributed by atoms with E-state index in [0.29, 0.717) is 29.6 Å². The maximum Gasteiger partial charge on any atom is 0.420 e. The molecule has 0 saturated heterocycles. The number of hydrogen-bond acceptors (Lipinski definition) is 4. The minimum absolute atomic E-state index is 0.0179. The fourth-order valence-electron chi connectivity index (χ4n) is 1.97. The summed E-state index contributed by atoms with van der Waals surface area (Å²) in [4.78, 5) is 23.4. The Hall–Kier alpha value is -1.88. The van der Waals surface area contributed by atoms with E-state index < -0.39 is 5.76 Å². The fraction of sp³-hybridized carbons (Fsp3) is 0.385. The Morgan fingerprint density at radius 3 is 2.78 bits per heavy atom. The average molecular weight is 248 g/mol. The summed E-state index contributed by atoms with van der Waals surface area (Å²) in [5.41, 5.74) is 7.02. The number of aromatic nitrogens is 1. The van der Waals surface area contributed by atoms with Gasteiger partial charge in [0.05, 0.1) is 5.52 Å². The Morgan fingerprint density at radius 2 is 2.17 bits per heavy atom. The van der Waals surface area contributed by atoms with Gasteiger partial charge in [-0.3, -0.25) is 9.36 Å². The Balaban J connectivity index is 2.54. The van der Waals surface area contributed by atoms with Crippen LogP contribution in [0.2, 0.25) is 0 Å². The molecule has 2 aromatic rings. The van der Waals surface area contributed by atoms with E-state index in [9.17, 15) is 9.59 Å². The number of Topliss-reactive ketones (excluding diaryl/α,β-unsaturated/α-hetero) is 1. The van der Waals surface area contributed by atoms with Crippen LogP contribution in [0, 0.1) is 0 Å². The molecular formula is C13H16N2O3. The number of oxazole rings is 1. The van der Waals surface area contributed by atoms with Crippen LogP contribution in [-0.2, 0) is 0 Å². The minimum Gasteiger partial charge on any atom is -0.408 e. The van der Waals surface area contributed by atoms with E-state index >= 15 is 0 Å². The summed E-state index contributed by atoms with van der Waals surface area (Å²) in [5.74, 6) is -0.442. The molecular weight excluding hydrogens is 232 g/mol. The maximum absolute atomic E-state index is 11.7. The van der Waals surface area contributed by atoms with Gasteiger partial charge in [-0.05, 0) is 38.6 Å². The Labute approximate surface area is 104 Å². The lowest BCUT2D eigenvalue weighted by atomic mass is 10.1. The second-order valence-electron chi connectivity index (χ2n) is 4.48. The quantitative estimate of drug-likeness (QED) is 0.835. The zero-order chi connectivity index (χ0) is 13.3. The summed E-state index contributed by atoms with van der Waals surface area (Å²) >= 11 is 0. The molecule has 18 heavy (non-hydrogen) atoms. The molecule has 0 aliphatic carbocycles. The molecule has 0 bridgehead atoms. The number of nitrogens with two attached hydrogens (primary N) is 1. The van der Waals surface area contributed by atoms with Crippen LogP contribution in [-0.4, -0.2) is 16.9 Å². The Morgan fingerprint density at radius 1 is 1.44 bits per heavy atom. The molecule has 96 valence electrons. The van der Waals surface area contributed by atoms with Crippen molar-refractivity contribution < 1.29 is 9.21 Å². The molecule has 1 aromatic heterocycles. The van der Waals surface area contributed by atoms with Crippen molar-refractivity contribution >= 4 is 16.9 Å². The van der Waals surface area contributed by atoms with E-state index in [4.69, 9.17) is 10.2 Å². The molecule has 5 heteroatoms. The van der Waals surface area contributed by atoms with Gasteiger partial charge in [-0.2, -0.15) is 0 Å². The van der Waals surface area contributed by atoms with Crippen LogP contribution in [0.25, 0.3) is 11.1 Å². The molecule has 1 aromatic carbocycles. The first-order valence-electron chi connectivity index (χ1n) is 5.93. The van der Waals surface area contributed by atoms with E-state index in [1.807, 2.05) is 13.8 Å². The summed E-state index contributed by atoms with van der Waals surface area (Å²) in [7, 11) is 0. The third kappa shape index (κ3) is 2.09. The van der Waals surface area contributed by atoms with Crippen LogP contribution in [0.15, 0.2) is 27.4 Å². The second kappa shape index (κ2) is 4.78. The Kier molecular flexibility index (Phi) is 3.34. The van der Waals surface area contributed by atoms with Gasteiger partial charge in [0.1, 0.15) is 0 Å². The van der Waals surface area contributed by atoms with Crippen molar-refractivity contribution in [1.29, 1.82) is 0 Å². The summed E-state index contributed by atoms with van der Waals surface area (Å²) in [5, 5.41) is 0. The van der Waals surface area contributed by atoms with Crippen molar-refractivity contribution in [2.24, 2.45) is 5.73 Å². The monoisotopic (exact) mass is 248 g/mol. The van der Waals surface area contributed by atoms with E-state index in [-0.39, 0.29) is 11.8 Å². The van der Waals surface area contributed by atoms with Gasteiger partial charge < -0.3 is 10.2 Å². The fourth-order valence-corrected chi connectivity index (χ4v) is 1.97. The average Bonchev–Trinajstić information content (AvgIpc) is 2.63. The van der Waals surface area contributed by atoms with E-state index in [1.54, 1.807) is 22.8 Å². The van der Waals surface area contributed by atoms with Crippen LogP contribution >= 0.6 is 0 Å². The number of nitrogens with zero attached hydrogens (tertiary/aromatic N) is 1. The zero-order valence-electron chi connectivity index (χ0n) is 10.5. The molecule has 2 N–H and O–H groups in total. The van der Waals surface area contributed by atoms with E-state index in [1.165, 1.54) is 0 Å². The minimum atomic E-state index is -0.400. The number of benzene rings is 1. The number of hydrogen-bond donors (Lipinski definition) is 1. The van der Waals surface area contributed by atoms with Crippen molar-refractivity contribution in [3.05, 3.63) is 34.3 Å². The van der Waals surface area contributed by atoms with Crippen molar-refractivity contribution in [2.75, 3.05) is 6.54 Å². The molecule has 0 atom stereocenters. The van der Waals surface area contributed by atoms with Crippen molar-refractivity contribution in [3.63, 3.8) is 0 Å². The summed E-state index contributed by atoms with van der Waals surface area (Å²) < 4.78 is 6.72. The van der Waals surface area contributed by atoms with Crippen LogP contribution < -0.4 is 11.5 Å². The lowest BCUT2D eigenvalue weighted by molar-refractivity contribution is 0.0985. The van der Waals surface area contributed by atoms with E-state index in [2.05, 4.69) is 0 Å². The highest BCUT2D eigenvalue weighted by molar-refractivity contribution is 5.98. The van der Waals surface area contributed by atoms with E-state index in [0.717, 1.165) is 0 Å². The molecule has 0 unspecified atom stereocenters. The lowest BCUT2D eigenvalue weighted by Gasteiger charge is -2.05. The second-order valence-corrected chi connectivity index (χ2v) is 4.48. The highest BCUT2D eigenvalue weighted by Gasteiger charge is 2.14. The van der Waals surface area contributed by atoms with Gasteiger partial charge in [0.2, 0.25) is 0 Å². The SMILES string of the molecule is CC(C)n1c(=O)oc2cc(C(=O)CCN)ccc21. The molecule has 1 heterocycles. The van der Waals surface area contributed by atoms with Crippen molar-refractivity contribution in [1.82, 2.24) is 4.57 Å². The first kappa shape index (κ1) is 12.6. The topological polar surface area (TPSA) is 78.2 Å². The smallest absolute Gasteiger partial charge is 0.408 e. The van der Waals surface area contributed by atoms with Crippen molar-refractivity contribution in [3.8, 4) is 0 Å². The van der Waals surface area contributed by atoms with Gasteiger partial charge >= 0.3 is 5.76 Å². The predicted octanol–water partition coefficient (Wildman–Crippen LogP) is 1.71. The molecule has 0 aliphatic rings. The maximum atomic E-state index is 11.7. The van der Waals surface area contributed by atoms with Gasteiger partial charge in [-0.15, -0.1) is 0 Å². The van der Waals surface area contributed by atoms with Gasteiger partial charge in [-0.1, -0.05) is 0 Å². The summed E-state index contributed by atoms with van der Waals surface area (Å²) in [6, 6.07) is 5.07. The summed E-state index contributed by atoms with van der Waals surface area (Å²) in [6.07, 6.45) is 0.292. The van der Waals surface area contributed by atoms with Crippen LogP contribution in [0.4, 0.5) is 0 Å². The van der Waals surface area contributed by atoms with Crippen LogP contribution in [0.3, 0.4) is 0 Å². The highest BCUT2D eigenvalue weighted by atomic mass is 16.4. The predicted molar refractivity (Wildman–Crippen MR) is 68.9 cm³/mol.